The van der Waals surface area contributed by atoms with E-state index in [4.69, 9.17) is 5.73 Å². The van der Waals surface area contributed by atoms with Crippen LogP contribution in [-0.4, -0.2) is 41.2 Å². The molecule has 1 saturated carbocycles. The van der Waals surface area contributed by atoms with Gasteiger partial charge < -0.3 is 10.6 Å². The molecule has 2 fully saturated rings. The van der Waals surface area contributed by atoms with Gasteiger partial charge in [0, 0.05) is 6.54 Å². The Kier molecular flexibility index (Phi) is 3.38. The minimum Gasteiger partial charge on any atom is -0.329 e. The Morgan fingerprint density at radius 3 is 2.42 bits per heavy atom. The normalized spacial score (nSPS) is 25.3. The lowest BCUT2D eigenvalue weighted by Crippen LogP contribution is -2.67. The number of amides is 3. The molecule has 0 unspecified atom stereocenters. The fourth-order valence-corrected chi connectivity index (χ4v) is 2.95. The molecule has 0 spiro atoms. The standard InChI is InChI=1S/C13H21N3O3/c1-12(2)10(18)15-9(17)7-16(12)11(19)13(8-14)5-3-4-6-13/h3-8,14H2,1-2H3,(H,15,17,18). The van der Waals surface area contributed by atoms with Crippen molar-refractivity contribution in [3.05, 3.63) is 0 Å². The minimum atomic E-state index is -1.00. The third kappa shape index (κ3) is 2.14. The van der Waals surface area contributed by atoms with E-state index in [2.05, 4.69) is 5.32 Å². The number of imide groups is 1. The van der Waals surface area contributed by atoms with Gasteiger partial charge in [-0.2, -0.15) is 0 Å². The second-order valence-electron chi connectivity index (χ2n) is 6.02. The maximum atomic E-state index is 12.8. The average Bonchev–Trinajstić information content (AvgIpc) is 2.83. The van der Waals surface area contributed by atoms with Crippen LogP contribution in [0.4, 0.5) is 0 Å². The van der Waals surface area contributed by atoms with Gasteiger partial charge in [0.2, 0.25) is 11.8 Å². The molecule has 0 bridgehead atoms. The summed E-state index contributed by atoms with van der Waals surface area (Å²) in [5.74, 6) is -1.01. The van der Waals surface area contributed by atoms with E-state index in [-0.39, 0.29) is 19.0 Å². The van der Waals surface area contributed by atoms with Crippen molar-refractivity contribution >= 4 is 17.7 Å². The lowest BCUT2D eigenvalue weighted by molar-refractivity contribution is -0.161. The molecule has 0 radical (unpaired) electrons. The minimum absolute atomic E-state index is 0.0701. The topological polar surface area (TPSA) is 92.5 Å². The highest BCUT2D eigenvalue weighted by molar-refractivity contribution is 6.06. The summed E-state index contributed by atoms with van der Waals surface area (Å²) in [6.07, 6.45) is 3.42. The summed E-state index contributed by atoms with van der Waals surface area (Å²) in [6.45, 7) is 3.52. The lowest BCUT2D eigenvalue weighted by atomic mass is 9.82. The van der Waals surface area contributed by atoms with E-state index >= 15 is 0 Å². The van der Waals surface area contributed by atoms with Gasteiger partial charge in [0.1, 0.15) is 12.1 Å². The van der Waals surface area contributed by atoms with Crippen molar-refractivity contribution in [3.8, 4) is 0 Å². The molecule has 0 aromatic carbocycles. The first kappa shape index (κ1) is 14.0. The largest absolute Gasteiger partial charge is 0.329 e. The van der Waals surface area contributed by atoms with E-state index < -0.39 is 22.8 Å². The molecule has 2 rings (SSSR count). The van der Waals surface area contributed by atoms with Gasteiger partial charge in [0.15, 0.2) is 0 Å². The molecule has 1 aliphatic heterocycles. The second-order valence-corrected chi connectivity index (χ2v) is 6.02. The first-order chi connectivity index (χ1) is 8.83. The third-order valence-electron chi connectivity index (χ3n) is 4.44. The van der Waals surface area contributed by atoms with E-state index in [9.17, 15) is 14.4 Å². The van der Waals surface area contributed by atoms with Crippen LogP contribution in [0, 0.1) is 5.41 Å². The Labute approximate surface area is 112 Å². The van der Waals surface area contributed by atoms with Gasteiger partial charge in [0.05, 0.1) is 5.41 Å². The zero-order valence-corrected chi connectivity index (χ0v) is 11.5. The lowest BCUT2D eigenvalue weighted by Gasteiger charge is -2.44. The number of carbonyl (C=O) groups is 3. The van der Waals surface area contributed by atoms with Crippen molar-refractivity contribution in [2.75, 3.05) is 13.1 Å². The van der Waals surface area contributed by atoms with Crippen molar-refractivity contribution in [1.29, 1.82) is 0 Å². The number of rotatable bonds is 2. The molecule has 0 aromatic heterocycles. The number of nitrogens with zero attached hydrogens (tertiary/aromatic N) is 1. The number of hydrogen-bond donors (Lipinski definition) is 2. The molecule has 3 amide bonds. The molecule has 6 nitrogen and oxygen atoms in total. The summed E-state index contributed by atoms with van der Waals surface area (Å²) >= 11 is 0. The molecule has 1 heterocycles. The maximum absolute atomic E-state index is 12.8. The first-order valence-electron chi connectivity index (χ1n) is 6.70. The smallest absolute Gasteiger partial charge is 0.252 e. The van der Waals surface area contributed by atoms with E-state index in [1.54, 1.807) is 13.8 Å². The Balaban J connectivity index is 2.30. The Hall–Kier alpha value is -1.43. The Morgan fingerprint density at radius 1 is 1.32 bits per heavy atom. The molecule has 1 saturated heterocycles. The summed E-state index contributed by atoms with van der Waals surface area (Å²) in [5, 5.41) is 2.27. The highest BCUT2D eigenvalue weighted by Crippen LogP contribution is 2.40. The number of nitrogens with one attached hydrogen (secondary N) is 1. The third-order valence-corrected chi connectivity index (χ3v) is 4.44. The van der Waals surface area contributed by atoms with Gasteiger partial charge in [0.25, 0.3) is 5.91 Å². The summed E-state index contributed by atoms with van der Waals surface area (Å²) in [4.78, 5) is 37.6. The van der Waals surface area contributed by atoms with Crippen LogP contribution in [0.25, 0.3) is 0 Å². The molecule has 0 aromatic rings. The maximum Gasteiger partial charge on any atom is 0.252 e. The van der Waals surface area contributed by atoms with Crippen LogP contribution < -0.4 is 11.1 Å². The fourth-order valence-electron chi connectivity index (χ4n) is 2.95. The van der Waals surface area contributed by atoms with E-state index in [1.807, 2.05) is 0 Å². The Bertz CT molecular complexity index is 425. The van der Waals surface area contributed by atoms with Crippen LogP contribution in [0.2, 0.25) is 0 Å². The van der Waals surface area contributed by atoms with E-state index in [0.717, 1.165) is 25.7 Å². The predicted molar refractivity (Wildman–Crippen MR) is 68.9 cm³/mol. The number of piperazine rings is 1. The second kappa shape index (κ2) is 4.59. The van der Waals surface area contributed by atoms with Crippen molar-refractivity contribution in [3.63, 3.8) is 0 Å². The van der Waals surface area contributed by atoms with Gasteiger partial charge in [-0.1, -0.05) is 12.8 Å². The average molecular weight is 267 g/mol. The van der Waals surface area contributed by atoms with Gasteiger partial charge in [-0.05, 0) is 26.7 Å². The van der Waals surface area contributed by atoms with Crippen LogP contribution in [0.15, 0.2) is 0 Å². The summed E-state index contributed by atoms with van der Waals surface area (Å²) in [5.41, 5.74) is 4.21. The summed E-state index contributed by atoms with van der Waals surface area (Å²) < 4.78 is 0. The van der Waals surface area contributed by atoms with Crippen molar-refractivity contribution in [2.24, 2.45) is 11.1 Å². The van der Waals surface area contributed by atoms with Crippen molar-refractivity contribution < 1.29 is 14.4 Å². The van der Waals surface area contributed by atoms with Crippen LogP contribution in [0.1, 0.15) is 39.5 Å². The summed E-state index contributed by atoms with van der Waals surface area (Å²) in [7, 11) is 0. The van der Waals surface area contributed by atoms with Gasteiger partial charge in [-0.25, -0.2) is 0 Å². The van der Waals surface area contributed by atoms with Gasteiger partial charge >= 0.3 is 0 Å². The molecular formula is C13H21N3O3. The number of nitrogens with two attached hydrogens (primary N) is 1. The Morgan fingerprint density at radius 2 is 1.89 bits per heavy atom. The van der Waals surface area contributed by atoms with Crippen LogP contribution in [0.5, 0.6) is 0 Å². The number of carbonyl (C=O) groups excluding carboxylic acids is 3. The quantitative estimate of drug-likeness (QED) is 0.676. The fraction of sp³-hybridized carbons (Fsp3) is 0.769. The highest BCUT2D eigenvalue weighted by atomic mass is 16.2. The SMILES string of the molecule is CC1(C)C(=O)NC(=O)CN1C(=O)C1(CN)CCCC1. The van der Waals surface area contributed by atoms with E-state index in [1.165, 1.54) is 4.90 Å². The predicted octanol–water partition coefficient (Wildman–Crippen LogP) is -0.231. The van der Waals surface area contributed by atoms with Crippen LogP contribution in [0.3, 0.4) is 0 Å². The van der Waals surface area contributed by atoms with Crippen molar-refractivity contribution in [1.82, 2.24) is 10.2 Å². The van der Waals surface area contributed by atoms with Gasteiger partial charge in [-0.15, -0.1) is 0 Å². The molecule has 106 valence electrons. The highest BCUT2D eigenvalue weighted by Gasteiger charge is 2.50. The molecule has 3 N–H and O–H groups in total. The monoisotopic (exact) mass is 267 g/mol. The van der Waals surface area contributed by atoms with Crippen molar-refractivity contribution in [2.45, 2.75) is 45.1 Å². The zero-order valence-electron chi connectivity index (χ0n) is 11.5. The van der Waals surface area contributed by atoms with Gasteiger partial charge in [-0.3, -0.25) is 19.7 Å². The van der Waals surface area contributed by atoms with E-state index in [0.29, 0.717) is 0 Å². The molecule has 1 aliphatic carbocycles. The molecular weight excluding hydrogens is 246 g/mol. The molecule has 19 heavy (non-hydrogen) atoms. The molecule has 2 aliphatic rings. The van der Waals surface area contributed by atoms with Crippen LogP contribution >= 0.6 is 0 Å². The summed E-state index contributed by atoms with van der Waals surface area (Å²) in [6, 6.07) is 0. The zero-order chi connectivity index (χ0) is 14.3. The molecule has 0 atom stereocenters. The number of hydrogen-bond acceptors (Lipinski definition) is 4. The van der Waals surface area contributed by atoms with Crippen LogP contribution in [-0.2, 0) is 14.4 Å². The molecule has 6 heteroatoms. The first-order valence-corrected chi connectivity index (χ1v) is 6.70.